The Hall–Kier alpha value is -1.17. The molecular formula is C15H16BrNO2S. The maximum Gasteiger partial charge on any atom is 0.252 e. The number of benzene rings is 1. The summed E-state index contributed by atoms with van der Waals surface area (Å²) in [7, 11) is 0. The predicted octanol–water partition coefficient (Wildman–Crippen LogP) is 3.75. The number of hydrogen-bond donors (Lipinski definition) is 2. The molecule has 0 saturated heterocycles. The normalized spacial score (nSPS) is 13.8. The molecule has 0 bridgehead atoms. The van der Waals surface area contributed by atoms with Crippen LogP contribution >= 0.6 is 27.3 Å². The Morgan fingerprint density at radius 3 is 2.75 bits per heavy atom. The van der Waals surface area contributed by atoms with Crippen LogP contribution in [0.4, 0.5) is 0 Å². The van der Waals surface area contributed by atoms with Crippen molar-refractivity contribution in [2.45, 2.75) is 25.5 Å². The first kappa shape index (κ1) is 15.2. The van der Waals surface area contributed by atoms with Gasteiger partial charge in [-0.25, -0.2) is 0 Å². The van der Waals surface area contributed by atoms with E-state index in [9.17, 15) is 9.90 Å². The molecule has 106 valence electrons. The fourth-order valence-corrected chi connectivity index (χ4v) is 3.13. The van der Waals surface area contributed by atoms with E-state index in [2.05, 4.69) is 21.2 Å². The van der Waals surface area contributed by atoms with Crippen molar-refractivity contribution in [2.24, 2.45) is 0 Å². The standard InChI is InChI=1S/C15H16BrNO2S/c1-10(9-13(18)14-7-4-8-20-14)17-15(19)11-5-2-3-6-12(11)16/h2-8,10,13,18H,9H2,1H3,(H,17,19). The van der Waals surface area contributed by atoms with Gasteiger partial charge < -0.3 is 10.4 Å². The molecule has 1 amide bonds. The zero-order valence-electron chi connectivity index (χ0n) is 11.0. The second kappa shape index (κ2) is 7.02. The van der Waals surface area contributed by atoms with Gasteiger partial charge in [0.05, 0.1) is 11.7 Å². The highest BCUT2D eigenvalue weighted by atomic mass is 79.9. The van der Waals surface area contributed by atoms with Gasteiger partial charge in [0.2, 0.25) is 0 Å². The van der Waals surface area contributed by atoms with Crippen LogP contribution in [0, 0.1) is 0 Å². The summed E-state index contributed by atoms with van der Waals surface area (Å²) < 4.78 is 0.767. The second-order valence-corrected chi connectivity index (χ2v) is 6.45. The summed E-state index contributed by atoms with van der Waals surface area (Å²) in [5, 5.41) is 14.9. The lowest BCUT2D eigenvalue weighted by Crippen LogP contribution is -2.33. The highest BCUT2D eigenvalue weighted by Gasteiger charge is 2.16. The van der Waals surface area contributed by atoms with Crippen LogP contribution in [0.1, 0.15) is 34.7 Å². The summed E-state index contributed by atoms with van der Waals surface area (Å²) in [4.78, 5) is 13.0. The fraction of sp³-hybridized carbons (Fsp3) is 0.267. The Balaban J connectivity index is 1.93. The molecule has 2 atom stereocenters. The topological polar surface area (TPSA) is 49.3 Å². The summed E-state index contributed by atoms with van der Waals surface area (Å²) >= 11 is 4.88. The van der Waals surface area contributed by atoms with Crippen LogP contribution in [0.25, 0.3) is 0 Å². The first-order valence-electron chi connectivity index (χ1n) is 6.35. The quantitative estimate of drug-likeness (QED) is 0.859. The molecule has 0 aliphatic heterocycles. The number of carbonyl (C=O) groups is 1. The molecule has 1 aromatic heterocycles. The number of aliphatic hydroxyl groups is 1. The van der Waals surface area contributed by atoms with Crippen LogP contribution < -0.4 is 5.32 Å². The van der Waals surface area contributed by atoms with Gasteiger partial charge in [-0.15, -0.1) is 11.3 Å². The largest absolute Gasteiger partial charge is 0.387 e. The van der Waals surface area contributed by atoms with Crippen LogP contribution in [0.2, 0.25) is 0 Å². The average molecular weight is 354 g/mol. The van der Waals surface area contributed by atoms with E-state index in [1.165, 1.54) is 11.3 Å². The van der Waals surface area contributed by atoms with Crippen LogP contribution in [0.15, 0.2) is 46.3 Å². The summed E-state index contributed by atoms with van der Waals surface area (Å²) in [5.74, 6) is -0.136. The Labute approximate surface area is 130 Å². The molecule has 0 saturated carbocycles. The van der Waals surface area contributed by atoms with Gasteiger partial charge in [-0.3, -0.25) is 4.79 Å². The minimum absolute atomic E-state index is 0.105. The van der Waals surface area contributed by atoms with E-state index >= 15 is 0 Å². The minimum atomic E-state index is -0.537. The van der Waals surface area contributed by atoms with E-state index in [-0.39, 0.29) is 11.9 Å². The van der Waals surface area contributed by atoms with Crippen LogP contribution in [0.5, 0.6) is 0 Å². The third kappa shape index (κ3) is 3.91. The maximum absolute atomic E-state index is 12.1. The number of amides is 1. The summed E-state index contributed by atoms with van der Waals surface area (Å²) in [6.07, 6.45) is -0.0408. The molecule has 0 spiro atoms. The molecule has 20 heavy (non-hydrogen) atoms. The highest BCUT2D eigenvalue weighted by molar-refractivity contribution is 9.10. The van der Waals surface area contributed by atoms with Gasteiger partial charge >= 0.3 is 0 Å². The third-order valence-corrected chi connectivity index (χ3v) is 4.61. The number of aliphatic hydroxyl groups excluding tert-OH is 1. The van der Waals surface area contributed by atoms with Crippen molar-refractivity contribution in [3.8, 4) is 0 Å². The smallest absolute Gasteiger partial charge is 0.252 e. The van der Waals surface area contributed by atoms with E-state index in [1.54, 1.807) is 6.07 Å². The number of hydrogen-bond acceptors (Lipinski definition) is 3. The van der Waals surface area contributed by atoms with Gasteiger partial charge in [0.15, 0.2) is 0 Å². The van der Waals surface area contributed by atoms with Gasteiger partial charge in [-0.1, -0.05) is 18.2 Å². The van der Waals surface area contributed by atoms with Crippen molar-refractivity contribution in [3.05, 3.63) is 56.7 Å². The lowest BCUT2D eigenvalue weighted by atomic mass is 10.1. The average Bonchev–Trinajstić information content (AvgIpc) is 2.92. The molecule has 2 rings (SSSR count). The Kier molecular flexibility index (Phi) is 5.34. The number of carbonyl (C=O) groups excluding carboxylic acids is 1. The Morgan fingerprint density at radius 1 is 1.35 bits per heavy atom. The van der Waals surface area contributed by atoms with E-state index in [4.69, 9.17) is 0 Å². The number of rotatable bonds is 5. The highest BCUT2D eigenvalue weighted by Crippen LogP contribution is 2.23. The molecule has 0 radical (unpaired) electrons. The van der Waals surface area contributed by atoms with Crippen molar-refractivity contribution in [3.63, 3.8) is 0 Å². The number of nitrogens with one attached hydrogen (secondary N) is 1. The molecule has 0 aliphatic rings. The SMILES string of the molecule is CC(CC(O)c1cccs1)NC(=O)c1ccccc1Br. The summed E-state index contributed by atoms with van der Waals surface area (Å²) in [6, 6.07) is 11.0. The third-order valence-electron chi connectivity index (χ3n) is 2.94. The molecule has 3 nitrogen and oxygen atoms in total. The van der Waals surface area contributed by atoms with E-state index < -0.39 is 6.10 Å². The Morgan fingerprint density at radius 2 is 2.10 bits per heavy atom. The molecule has 2 aromatic rings. The van der Waals surface area contributed by atoms with E-state index in [1.807, 2.05) is 42.6 Å². The molecule has 2 unspecified atom stereocenters. The molecule has 5 heteroatoms. The molecule has 0 fully saturated rings. The molecule has 0 aliphatic carbocycles. The number of halogens is 1. The number of thiophene rings is 1. The van der Waals surface area contributed by atoms with Crippen molar-refractivity contribution in [1.82, 2.24) is 5.32 Å². The van der Waals surface area contributed by atoms with Crippen molar-refractivity contribution in [2.75, 3.05) is 0 Å². The molecule has 1 aromatic carbocycles. The lowest BCUT2D eigenvalue weighted by molar-refractivity contribution is 0.0917. The molecule has 1 heterocycles. The maximum atomic E-state index is 12.1. The molecular weight excluding hydrogens is 338 g/mol. The second-order valence-electron chi connectivity index (χ2n) is 4.62. The van der Waals surface area contributed by atoms with E-state index in [0.29, 0.717) is 12.0 Å². The predicted molar refractivity (Wildman–Crippen MR) is 85.0 cm³/mol. The van der Waals surface area contributed by atoms with Crippen molar-refractivity contribution < 1.29 is 9.90 Å². The van der Waals surface area contributed by atoms with Crippen LogP contribution in [-0.4, -0.2) is 17.1 Å². The summed E-state index contributed by atoms with van der Waals surface area (Å²) in [5.41, 5.74) is 0.602. The lowest BCUT2D eigenvalue weighted by Gasteiger charge is -2.17. The fourth-order valence-electron chi connectivity index (χ4n) is 1.94. The van der Waals surface area contributed by atoms with Gasteiger partial charge in [-0.2, -0.15) is 0 Å². The van der Waals surface area contributed by atoms with Crippen molar-refractivity contribution in [1.29, 1.82) is 0 Å². The van der Waals surface area contributed by atoms with Crippen LogP contribution in [-0.2, 0) is 0 Å². The summed E-state index contributed by atoms with van der Waals surface area (Å²) in [6.45, 7) is 1.89. The zero-order valence-corrected chi connectivity index (χ0v) is 13.4. The van der Waals surface area contributed by atoms with Gasteiger partial charge in [-0.05, 0) is 52.9 Å². The first-order chi connectivity index (χ1) is 9.58. The van der Waals surface area contributed by atoms with Crippen molar-refractivity contribution >= 4 is 33.2 Å². The van der Waals surface area contributed by atoms with E-state index in [0.717, 1.165) is 9.35 Å². The first-order valence-corrected chi connectivity index (χ1v) is 8.02. The molecule has 2 N–H and O–H groups in total. The minimum Gasteiger partial charge on any atom is -0.387 e. The zero-order chi connectivity index (χ0) is 14.5. The van der Waals surface area contributed by atoms with Gasteiger partial charge in [0.25, 0.3) is 5.91 Å². The van der Waals surface area contributed by atoms with Gasteiger partial charge in [0, 0.05) is 15.4 Å². The monoisotopic (exact) mass is 353 g/mol. The Bertz CT molecular complexity index is 571. The van der Waals surface area contributed by atoms with Gasteiger partial charge in [0.1, 0.15) is 0 Å². The van der Waals surface area contributed by atoms with Crippen LogP contribution in [0.3, 0.4) is 0 Å².